The molecule has 1 rings (SSSR count). The molecule has 0 heterocycles. The van der Waals surface area contributed by atoms with Crippen molar-refractivity contribution in [2.75, 3.05) is 39.6 Å². The first kappa shape index (κ1) is 12.5. The van der Waals surface area contributed by atoms with Gasteiger partial charge >= 0.3 is 5.97 Å². The summed E-state index contributed by atoms with van der Waals surface area (Å²) in [7, 11) is 5.40. The summed E-state index contributed by atoms with van der Waals surface area (Å²) in [5.41, 5.74) is 1.39. The van der Waals surface area contributed by atoms with Crippen molar-refractivity contribution < 1.29 is 9.53 Å². The molecule has 0 aliphatic heterocycles. The lowest BCUT2D eigenvalue weighted by Crippen LogP contribution is -2.21. The second kappa shape index (κ2) is 6.12. The van der Waals surface area contributed by atoms with Crippen molar-refractivity contribution in [3.63, 3.8) is 0 Å². The number of hydrogen-bond acceptors (Lipinski definition) is 4. The van der Waals surface area contributed by atoms with Gasteiger partial charge in [-0.2, -0.15) is 0 Å². The predicted octanol–water partition coefficient (Wildman–Crippen LogP) is 1.45. The molecule has 0 bridgehead atoms. The highest BCUT2D eigenvalue weighted by Crippen LogP contribution is 2.15. The summed E-state index contributed by atoms with van der Waals surface area (Å²) in [6, 6.07) is 7.35. The molecule has 0 radical (unpaired) electrons. The molecule has 4 heteroatoms. The third-order valence-corrected chi connectivity index (χ3v) is 2.21. The minimum absolute atomic E-state index is 0.312. The maximum atomic E-state index is 11.5. The number of nitrogens with zero attached hydrogens (tertiary/aromatic N) is 1. The normalized spacial score (nSPS) is 10.2. The number of esters is 1. The van der Waals surface area contributed by atoms with Crippen LogP contribution in [-0.4, -0.2) is 45.2 Å². The van der Waals surface area contributed by atoms with E-state index in [-0.39, 0.29) is 5.97 Å². The average Bonchev–Trinajstić information content (AvgIpc) is 2.28. The molecule has 1 aromatic rings. The Morgan fingerprint density at radius 2 is 2.06 bits per heavy atom. The molecule has 0 saturated heterocycles. The zero-order valence-electron chi connectivity index (χ0n) is 9.99. The fourth-order valence-electron chi connectivity index (χ4n) is 1.34. The van der Waals surface area contributed by atoms with Gasteiger partial charge in [0.25, 0.3) is 0 Å². The van der Waals surface area contributed by atoms with Gasteiger partial charge in [-0.15, -0.1) is 0 Å². The second-order valence-electron chi connectivity index (χ2n) is 3.77. The first-order valence-electron chi connectivity index (χ1n) is 5.21. The molecular weight excluding hydrogens is 204 g/mol. The van der Waals surface area contributed by atoms with Gasteiger partial charge in [0, 0.05) is 18.8 Å². The summed E-state index contributed by atoms with van der Waals surface area (Å²) < 4.78 is 4.71. The Kier molecular flexibility index (Phi) is 4.79. The fraction of sp³-hybridized carbons (Fsp3) is 0.417. The van der Waals surface area contributed by atoms with E-state index in [1.807, 2.05) is 32.3 Å². The van der Waals surface area contributed by atoms with Crippen molar-refractivity contribution >= 4 is 11.7 Å². The number of methoxy groups -OCH3 is 1. The lowest BCUT2D eigenvalue weighted by Gasteiger charge is -2.13. The smallest absolute Gasteiger partial charge is 0.339 e. The van der Waals surface area contributed by atoms with E-state index in [1.165, 1.54) is 7.11 Å². The summed E-state index contributed by atoms with van der Waals surface area (Å²) in [4.78, 5) is 13.5. The van der Waals surface area contributed by atoms with Crippen LogP contribution in [0.25, 0.3) is 0 Å². The molecule has 0 aliphatic carbocycles. The number of rotatable bonds is 5. The molecule has 0 unspecified atom stereocenters. The van der Waals surface area contributed by atoms with Crippen LogP contribution in [0.5, 0.6) is 0 Å². The average molecular weight is 222 g/mol. The number of nitrogens with one attached hydrogen (secondary N) is 1. The van der Waals surface area contributed by atoms with E-state index in [0.717, 1.165) is 18.8 Å². The van der Waals surface area contributed by atoms with Crippen LogP contribution in [0.15, 0.2) is 24.3 Å². The van der Waals surface area contributed by atoms with Gasteiger partial charge in [0.1, 0.15) is 0 Å². The number of hydrogen-bond donors (Lipinski definition) is 1. The van der Waals surface area contributed by atoms with Crippen LogP contribution in [0.2, 0.25) is 0 Å². The Morgan fingerprint density at radius 1 is 1.38 bits per heavy atom. The fourth-order valence-corrected chi connectivity index (χ4v) is 1.34. The number of carbonyl (C=O) groups excluding carboxylic acids is 1. The highest BCUT2D eigenvalue weighted by atomic mass is 16.5. The van der Waals surface area contributed by atoms with Gasteiger partial charge in [-0.25, -0.2) is 4.79 Å². The molecule has 0 spiro atoms. The zero-order valence-corrected chi connectivity index (χ0v) is 9.99. The van der Waals surface area contributed by atoms with Gasteiger partial charge in [-0.05, 0) is 26.2 Å². The zero-order chi connectivity index (χ0) is 12.0. The summed E-state index contributed by atoms with van der Waals surface area (Å²) in [5.74, 6) is -0.312. The maximum absolute atomic E-state index is 11.5. The van der Waals surface area contributed by atoms with Gasteiger partial charge in [-0.3, -0.25) is 0 Å². The SMILES string of the molecule is COC(=O)c1ccccc1NCCN(C)C. The maximum Gasteiger partial charge on any atom is 0.339 e. The largest absolute Gasteiger partial charge is 0.465 e. The van der Waals surface area contributed by atoms with Gasteiger partial charge in [0.05, 0.1) is 12.7 Å². The Labute approximate surface area is 96.2 Å². The third-order valence-electron chi connectivity index (χ3n) is 2.21. The third kappa shape index (κ3) is 3.55. The van der Waals surface area contributed by atoms with Crippen LogP contribution in [0, 0.1) is 0 Å². The molecule has 4 nitrogen and oxygen atoms in total. The topological polar surface area (TPSA) is 41.6 Å². The Balaban J connectivity index is 2.67. The first-order valence-corrected chi connectivity index (χ1v) is 5.21. The van der Waals surface area contributed by atoms with E-state index < -0.39 is 0 Å². The van der Waals surface area contributed by atoms with Gasteiger partial charge in [-0.1, -0.05) is 12.1 Å². The Morgan fingerprint density at radius 3 is 2.69 bits per heavy atom. The summed E-state index contributed by atoms with van der Waals surface area (Å²) >= 11 is 0. The van der Waals surface area contributed by atoms with Crippen molar-refractivity contribution in [2.45, 2.75) is 0 Å². The molecule has 0 aliphatic rings. The van der Waals surface area contributed by atoms with E-state index in [4.69, 9.17) is 4.74 Å². The number of para-hydroxylation sites is 1. The van der Waals surface area contributed by atoms with E-state index in [1.54, 1.807) is 6.07 Å². The molecular formula is C12H18N2O2. The molecule has 0 atom stereocenters. The minimum atomic E-state index is -0.312. The van der Waals surface area contributed by atoms with Crippen molar-refractivity contribution in [3.05, 3.63) is 29.8 Å². The highest BCUT2D eigenvalue weighted by Gasteiger charge is 2.09. The van der Waals surface area contributed by atoms with Crippen LogP contribution in [0.1, 0.15) is 10.4 Å². The van der Waals surface area contributed by atoms with Gasteiger partial charge in [0.2, 0.25) is 0 Å². The highest BCUT2D eigenvalue weighted by molar-refractivity contribution is 5.95. The van der Waals surface area contributed by atoms with Crippen molar-refractivity contribution in [1.29, 1.82) is 0 Å². The predicted molar refractivity (Wildman–Crippen MR) is 64.8 cm³/mol. The van der Waals surface area contributed by atoms with E-state index in [0.29, 0.717) is 5.56 Å². The standard InChI is InChI=1S/C12H18N2O2/c1-14(2)9-8-13-11-7-5-4-6-10(11)12(15)16-3/h4-7,13H,8-9H2,1-3H3. The van der Waals surface area contributed by atoms with E-state index in [2.05, 4.69) is 10.2 Å². The lowest BCUT2D eigenvalue weighted by atomic mass is 10.2. The second-order valence-corrected chi connectivity index (χ2v) is 3.77. The van der Waals surface area contributed by atoms with Crippen LogP contribution < -0.4 is 5.32 Å². The van der Waals surface area contributed by atoms with E-state index in [9.17, 15) is 4.79 Å². The van der Waals surface area contributed by atoms with Crippen LogP contribution in [0.4, 0.5) is 5.69 Å². The number of benzene rings is 1. The minimum Gasteiger partial charge on any atom is -0.465 e. The van der Waals surface area contributed by atoms with Gasteiger partial charge < -0.3 is 15.0 Å². The van der Waals surface area contributed by atoms with E-state index >= 15 is 0 Å². The van der Waals surface area contributed by atoms with Crippen LogP contribution >= 0.6 is 0 Å². The molecule has 0 amide bonds. The van der Waals surface area contributed by atoms with Crippen molar-refractivity contribution in [3.8, 4) is 0 Å². The number of likely N-dealkylation sites (N-methyl/N-ethyl adjacent to an activating group) is 1. The number of ether oxygens (including phenoxy) is 1. The molecule has 1 aromatic carbocycles. The monoisotopic (exact) mass is 222 g/mol. The van der Waals surface area contributed by atoms with Crippen molar-refractivity contribution in [1.82, 2.24) is 4.90 Å². The molecule has 0 saturated carbocycles. The molecule has 88 valence electrons. The molecule has 16 heavy (non-hydrogen) atoms. The van der Waals surface area contributed by atoms with Gasteiger partial charge in [0.15, 0.2) is 0 Å². The molecule has 0 aromatic heterocycles. The summed E-state index contributed by atoms with van der Waals surface area (Å²) in [5, 5.41) is 3.22. The first-order chi connectivity index (χ1) is 7.65. The summed E-state index contributed by atoms with van der Waals surface area (Å²) in [6.07, 6.45) is 0. The van der Waals surface area contributed by atoms with Crippen molar-refractivity contribution in [2.24, 2.45) is 0 Å². The molecule has 0 fully saturated rings. The number of carbonyl (C=O) groups is 1. The van der Waals surface area contributed by atoms with Crippen LogP contribution in [0.3, 0.4) is 0 Å². The Hall–Kier alpha value is -1.55. The van der Waals surface area contributed by atoms with Crippen LogP contribution in [-0.2, 0) is 4.74 Å². The molecule has 1 N–H and O–H groups in total. The quantitative estimate of drug-likeness (QED) is 0.766. The summed E-state index contributed by atoms with van der Waals surface area (Å²) in [6.45, 7) is 1.70. The lowest BCUT2D eigenvalue weighted by molar-refractivity contribution is 0.0602. The number of anilines is 1. The Bertz CT molecular complexity index is 351.